The monoisotopic (exact) mass is 297 g/mol. The van der Waals surface area contributed by atoms with Gasteiger partial charge in [0, 0.05) is 18.5 Å². The Labute approximate surface area is 127 Å². The lowest BCUT2D eigenvalue weighted by Gasteiger charge is -2.13. The summed E-state index contributed by atoms with van der Waals surface area (Å²) in [6.45, 7) is 1.96. The average Bonchev–Trinajstić information content (AvgIpc) is 3.03. The number of β-amino-alcohol motifs (C(OH)–C–C–N with tert-alkyl or cyclic N) is 1. The Bertz CT molecular complexity index is 917. The topological polar surface area (TPSA) is 82.4 Å². The number of H-pyrrole nitrogens is 1. The summed E-state index contributed by atoms with van der Waals surface area (Å²) < 4.78 is 5.62. The van der Waals surface area contributed by atoms with Crippen molar-refractivity contribution in [3.8, 4) is 0 Å². The van der Waals surface area contributed by atoms with Crippen LogP contribution in [0.15, 0.2) is 27.4 Å². The summed E-state index contributed by atoms with van der Waals surface area (Å²) in [5.41, 5.74) is 2.39. The molecule has 1 aliphatic rings. The number of rotatable bonds is 2. The zero-order valence-corrected chi connectivity index (χ0v) is 12.3. The number of aromatic amines is 1. The van der Waals surface area contributed by atoms with Crippen LogP contribution >= 0.6 is 0 Å². The zero-order chi connectivity index (χ0) is 15.3. The van der Waals surface area contributed by atoms with Gasteiger partial charge < -0.3 is 14.5 Å². The normalized spacial score (nSPS) is 19.4. The Morgan fingerprint density at radius 2 is 2.36 bits per heavy atom. The van der Waals surface area contributed by atoms with Crippen LogP contribution < -0.4 is 11.0 Å². The fraction of sp³-hybridized carbons (Fsp3) is 0.333. The van der Waals surface area contributed by atoms with Crippen molar-refractivity contribution in [1.29, 1.82) is 0 Å². The van der Waals surface area contributed by atoms with Crippen molar-refractivity contribution >= 4 is 35.4 Å². The van der Waals surface area contributed by atoms with E-state index < -0.39 is 0 Å². The molecular weight excluding hydrogens is 281 g/mol. The number of benzene rings is 1. The van der Waals surface area contributed by atoms with Crippen LogP contribution in [0.2, 0.25) is 0 Å². The highest BCUT2D eigenvalue weighted by Gasteiger charge is 2.21. The zero-order valence-electron chi connectivity index (χ0n) is 12.3. The Morgan fingerprint density at radius 1 is 1.50 bits per heavy atom. The smallest absolute Gasteiger partial charge is 0.294 e. The van der Waals surface area contributed by atoms with Gasteiger partial charge in [0.05, 0.1) is 12.6 Å². The molecule has 112 valence electrons. The van der Waals surface area contributed by atoms with Gasteiger partial charge in [0.15, 0.2) is 0 Å². The molecule has 0 aliphatic carbocycles. The third-order valence-corrected chi connectivity index (χ3v) is 4.15. The van der Waals surface area contributed by atoms with Crippen molar-refractivity contribution in [2.75, 3.05) is 13.1 Å². The minimum Gasteiger partial charge on any atom is -0.449 e. The first-order chi connectivity index (χ1) is 10.6. The minimum atomic E-state index is -0.284. The molecule has 1 aliphatic heterocycles. The van der Waals surface area contributed by atoms with Gasteiger partial charge in [0.2, 0.25) is 5.58 Å². The second-order valence-corrected chi connectivity index (χ2v) is 5.97. The highest BCUT2D eigenvalue weighted by molar-refractivity contribution is 6.33. The summed E-state index contributed by atoms with van der Waals surface area (Å²) in [5.74, 6) is 0.607. The molecule has 1 atom stereocenters. The van der Waals surface area contributed by atoms with Gasteiger partial charge in [0.1, 0.15) is 24.8 Å². The molecule has 2 N–H and O–H groups in total. The number of hydrogen-bond donors (Lipinski definition) is 2. The van der Waals surface area contributed by atoms with E-state index >= 15 is 0 Å². The van der Waals surface area contributed by atoms with E-state index in [9.17, 15) is 9.90 Å². The molecule has 1 saturated heterocycles. The molecule has 0 saturated carbocycles. The molecule has 0 radical (unpaired) electrons. The van der Waals surface area contributed by atoms with Gasteiger partial charge in [-0.15, -0.1) is 0 Å². The number of nitrogens with zero attached hydrogens (tertiary/aromatic N) is 2. The Kier molecular flexibility index (Phi) is 3.06. The molecule has 0 bridgehead atoms. The second kappa shape index (κ2) is 4.96. The highest BCUT2D eigenvalue weighted by atomic mass is 16.3. The number of furan rings is 1. The number of fused-ring (bicyclic) bond motifs is 3. The number of hydrogen-bond acceptors (Lipinski definition) is 5. The van der Waals surface area contributed by atoms with Gasteiger partial charge >= 0.3 is 0 Å². The van der Waals surface area contributed by atoms with E-state index in [0.29, 0.717) is 30.0 Å². The quantitative estimate of drug-likeness (QED) is 0.623. The molecule has 2 aromatic heterocycles. The van der Waals surface area contributed by atoms with E-state index in [1.165, 1.54) is 0 Å². The Balaban J connectivity index is 1.82. The van der Waals surface area contributed by atoms with Crippen LogP contribution in [0.5, 0.6) is 0 Å². The molecule has 6 nitrogen and oxygen atoms in total. The van der Waals surface area contributed by atoms with E-state index in [0.717, 1.165) is 23.8 Å². The maximum atomic E-state index is 12.2. The first-order valence-electron chi connectivity index (χ1n) is 7.42. The number of aliphatic hydroxyl groups excluding tert-OH is 1. The SMILES string of the molecule is Bc1ccc2oc3c(=O)[nH]c(CN4CC[C@H](O)C4)nc3c2c1. The lowest BCUT2D eigenvalue weighted by molar-refractivity contribution is 0.174. The van der Waals surface area contributed by atoms with Crippen molar-refractivity contribution in [1.82, 2.24) is 14.9 Å². The van der Waals surface area contributed by atoms with E-state index in [4.69, 9.17) is 4.42 Å². The van der Waals surface area contributed by atoms with Gasteiger partial charge in [-0.05, 0) is 12.5 Å². The number of likely N-dealkylation sites (tertiary alicyclic amines) is 1. The van der Waals surface area contributed by atoms with Crippen molar-refractivity contribution in [3.63, 3.8) is 0 Å². The van der Waals surface area contributed by atoms with Crippen LogP contribution in [-0.4, -0.2) is 47.0 Å². The molecule has 3 aromatic rings. The van der Waals surface area contributed by atoms with E-state index in [-0.39, 0.29) is 17.2 Å². The molecule has 7 heteroatoms. The fourth-order valence-corrected chi connectivity index (χ4v) is 3.06. The number of aromatic nitrogens is 2. The number of aliphatic hydroxyl groups is 1. The summed E-state index contributed by atoms with van der Waals surface area (Å²) in [5, 5.41) is 10.5. The van der Waals surface area contributed by atoms with Crippen LogP contribution in [0.1, 0.15) is 12.2 Å². The summed E-state index contributed by atoms with van der Waals surface area (Å²) in [4.78, 5) is 21.7. The predicted molar refractivity (Wildman–Crippen MR) is 86.2 cm³/mol. The molecule has 1 aromatic carbocycles. The molecule has 22 heavy (non-hydrogen) atoms. The van der Waals surface area contributed by atoms with E-state index in [1.54, 1.807) is 0 Å². The highest BCUT2D eigenvalue weighted by Crippen LogP contribution is 2.24. The summed E-state index contributed by atoms with van der Waals surface area (Å²) >= 11 is 0. The van der Waals surface area contributed by atoms with E-state index in [1.807, 2.05) is 26.0 Å². The van der Waals surface area contributed by atoms with Crippen LogP contribution in [0.25, 0.3) is 22.1 Å². The molecule has 1 fully saturated rings. The summed E-state index contributed by atoms with van der Waals surface area (Å²) in [6, 6.07) is 5.80. The molecule has 0 spiro atoms. The number of nitrogens with one attached hydrogen (secondary N) is 1. The third-order valence-electron chi connectivity index (χ3n) is 4.15. The first kappa shape index (κ1) is 13.5. The average molecular weight is 297 g/mol. The maximum absolute atomic E-state index is 12.2. The van der Waals surface area contributed by atoms with Crippen molar-refractivity contribution in [2.45, 2.75) is 19.1 Å². The van der Waals surface area contributed by atoms with Gasteiger partial charge in [-0.25, -0.2) is 4.98 Å². The largest absolute Gasteiger partial charge is 0.449 e. The second-order valence-electron chi connectivity index (χ2n) is 5.97. The summed E-state index contributed by atoms with van der Waals surface area (Å²) in [6.07, 6.45) is 0.480. The van der Waals surface area contributed by atoms with Gasteiger partial charge in [-0.3, -0.25) is 9.69 Å². The van der Waals surface area contributed by atoms with Crippen LogP contribution in [0, 0.1) is 0 Å². The fourth-order valence-electron chi connectivity index (χ4n) is 3.06. The van der Waals surface area contributed by atoms with Crippen LogP contribution in [0.3, 0.4) is 0 Å². The van der Waals surface area contributed by atoms with Crippen molar-refractivity contribution in [2.24, 2.45) is 0 Å². The van der Waals surface area contributed by atoms with Crippen LogP contribution in [0.4, 0.5) is 0 Å². The van der Waals surface area contributed by atoms with E-state index in [2.05, 4.69) is 14.9 Å². The Hall–Kier alpha value is -2.12. The van der Waals surface area contributed by atoms with Crippen LogP contribution in [-0.2, 0) is 6.54 Å². The predicted octanol–water partition coefficient (Wildman–Crippen LogP) is -0.506. The maximum Gasteiger partial charge on any atom is 0.294 e. The first-order valence-corrected chi connectivity index (χ1v) is 7.42. The lowest BCUT2D eigenvalue weighted by atomic mass is 9.95. The lowest BCUT2D eigenvalue weighted by Crippen LogP contribution is -2.24. The van der Waals surface area contributed by atoms with Crippen molar-refractivity contribution in [3.05, 3.63) is 34.4 Å². The minimum absolute atomic E-state index is 0.256. The molecule has 4 rings (SSSR count). The summed E-state index contributed by atoms with van der Waals surface area (Å²) in [7, 11) is 2.00. The van der Waals surface area contributed by atoms with Crippen molar-refractivity contribution < 1.29 is 9.52 Å². The third kappa shape index (κ3) is 2.22. The molecular formula is C15H16BN3O3. The van der Waals surface area contributed by atoms with Gasteiger partial charge in [-0.2, -0.15) is 0 Å². The van der Waals surface area contributed by atoms with Gasteiger partial charge in [0.25, 0.3) is 5.56 Å². The Morgan fingerprint density at radius 3 is 3.14 bits per heavy atom. The molecule has 3 heterocycles. The molecule has 0 unspecified atom stereocenters. The standard InChI is InChI=1S/C15H16BN3O3/c16-8-1-2-11-10(5-8)13-14(22-11)15(21)18-12(17-13)7-19-4-3-9(20)6-19/h1-2,5,9,20H,3-4,6-7,16H2,(H,17,18,21)/t9-/m0/s1. The van der Waals surface area contributed by atoms with Gasteiger partial charge in [-0.1, -0.05) is 17.6 Å². The molecule has 0 amide bonds.